The van der Waals surface area contributed by atoms with Gasteiger partial charge >= 0.3 is 11.7 Å². The van der Waals surface area contributed by atoms with Crippen molar-refractivity contribution in [2.45, 2.75) is 25.5 Å². The number of benzene rings is 1. The summed E-state index contributed by atoms with van der Waals surface area (Å²) in [5.41, 5.74) is -0.901. The van der Waals surface area contributed by atoms with Crippen LogP contribution in [-0.4, -0.2) is 30.8 Å². The van der Waals surface area contributed by atoms with Crippen molar-refractivity contribution >= 4 is 29.2 Å². The second-order valence-electron chi connectivity index (χ2n) is 4.69. The Balaban J connectivity index is 2.56. The molecule has 0 bridgehead atoms. The van der Waals surface area contributed by atoms with Gasteiger partial charge in [0.05, 0.1) is 0 Å². The Kier molecular flexibility index (Phi) is 5.06. The van der Waals surface area contributed by atoms with E-state index in [0.717, 1.165) is 10.6 Å². The van der Waals surface area contributed by atoms with Crippen LogP contribution in [0.2, 0.25) is 5.02 Å². The molecule has 10 heteroatoms. The lowest BCUT2D eigenvalue weighted by Gasteiger charge is -2.10. The lowest BCUT2D eigenvalue weighted by atomic mass is 10.1. The number of aryl methyl sites for hydroxylation is 1. The molecule has 124 valence electrons. The highest BCUT2D eigenvalue weighted by atomic mass is 35.5. The minimum absolute atomic E-state index is 0.0344. The molecule has 0 aliphatic heterocycles. The van der Waals surface area contributed by atoms with Crippen LogP contribution >= 0.6 is 23.2 Å². The number of aromatic nitrogens is 3. The Bertz CT molecular complexity index is 820. The average Bonchev–Trinajstić information content (AvgIpc) is 2.75. The Morgan fingerprint density at radius 1 is 1.48 bits per heavy atom. The second-order valence-corrected chi connectivity index (χ2v) is 5.63. The summed E-state index contributed by atoms with van der Waals surface area (Å²) in [7, 11) is 0. The lowest BCUT2D eigenvalue weighted by Crippen LogP contribution is -2.24. The number of aliphatic carboxylic acids is 1. The van der Waals surface area contributed by atoms with Crippen molar-refractivity contribution in [2.24, 2.45) is 0 Å². The van der Waals surface area contributed by atoms with Gasteiger partial charge in [-0.25, -0.2) is 18.1 Å². The maximum atomic E-state index is 14.1. The molecule has 0 aliphatic carbocycles. The van der Waals surface area contributed by atoms with Gasteiger partial charge in [-0.15, -0.1) is 11.6 Å². The van der Waals surface area contributed by atoms with Gasteiger partial charge in [0.15, 0.2) is 12.6 Å². The molecule has 1 aromatic heterocycles. The summed E-state index contributed by atoms with van der Waals surface area (Å²) in [5.74, 6) is -2.05. The molecule has 1 N–H and O–H groups in total. The largest absolute Gasteiger partial charge is 0.480 e. The van der Waals surface area contributed by atoms with Crippen molar-refractivity contribution in [3.8, 4) is 5.69 Å². The van der Waals surface area contributed by atoms with E-state index in [1.807, 2.05) is 0 Å². The lowest BCUT2D eigenvalue weighted by molar-refractivity contribution is -0.136. The highest BCUT2D eigenvalue weighted by Gasteiger charge is 2.20. The van der Waals surface area contributed by atoms with Crippen molar-refractivity contribution < 1.29 is 18.7 Å². The van der Waals surface area contributed by atoms with E-state index in [1.165, 1.54) is 13.0 Å². The first-order chi connectivity index (χ1) is 10.8. The van der Waals surface area contributed by atoms with Crippen LogP contribution in [0.15, 0.2) is 16.9 Å². The minimum Gasteiger partial charge on any atom is -0.480 e. The van der Waals surface area contributed by atoms with E-state index in [-0.39, 0.29) is 28.5 Å². The fourth-order valence-corrected chi connectivity index (χ4v) is 2.36. The summed E-state index contributed by atoms with van der Waals surface area (Å²) in [4.78, 5) is 22.8. The van der Waals surface area contributed by atoms with E-state index in [2.05, 4.69) is 5.10 Å². The van der Waals surface area contributed by atoms with Crippen LogP contribution < -0.4 is 5.69 Å². The third kappa shape index (κ3) is 3.37. The van der Waals surface area contributed by atoms with Crippen LogP contribution in [0.5, 0.6) is 0 Å². The number of hydrogen-bond acceptors (Lipinski definition) is 3. The molecule has 1 aromatic carbocycles. The summed E-state index contributed by atoms with van der Waals surface area (Å²) < 4.78 is 28.3. The zero-order chi connectivity index (χ0) is 17.3. The van der Waals surface area contributed by atoms with Crippen molar-refractivity contribution in [2.75, 3.05) is 0 Å². The molecule has 0 radical (unpaired) electrons. The smallest absolute Gasteiger partial charge is 0.353 e. The fraction of sp³-hybridized carbons (Fsp3) is 0.308. The van der Waals surface area contributed by atoms with Crippen molar-refractivity contribution in [3.05, 3.63) is 44.8 Å². The fourth-order valence-electron chi connectivity index (χ4n) is 1.97. The van der Waals surface area contributed by atoms with Gasteiger partial charge in [-0.2, -0.15) is 9.78 Å². The van der Waals surface area contributed by atoms with Crippen LogP contribution in [0.3, 0.4) is 0 Å². The predicted molar refractivity (Wildman–Crippen MR) is 79.6 cm³/mol. The van der Waals surface area contributed by atoms with Gasteiger partial charge in [0, 0.05) is 11.4 Å². The van der Waals surface area contributed by atoms with Gasteiger partial charge in [-0.3, -0.25) is 4.79 Å². The van der Waals surface area contributed by atoms with E-state index in [9.17, 15) is 18.4 Å². The zero-order valence-electron chi connectivity index (χ0n) is 11.8. The minimum atomic E-state index is -1.27. The Labute approximate surface area is 138 Å². The molecule has 0 spiro atoms. The van der Waals surface area contributed by atoms with Gasteiger partial charge < -0.3 is 5.11 Å². The van der Waals surface area contributed by atoms with Crippen LogP contribution in [-0.2, 0) is 18.0 Å². The molecule has 6 nitrogen and oxygen atoms in total. The zero-order valence-corrected chi connectivity index (χ0v) is 13.3. The van der Waals surface area contributed by atoms with Gasteiger partial charge in [0.1, 0.15) is 16.9 Å². The quantitative estimate of drug-likeness (QED) is 0.824. The van der Waals surface area contributed by atoms with E-state index in [1.54, 1.807) is 0 Å². The molecule has 1 atom stereocenters. The highest BCUT2D eigenvalue weighted by molar-refractivity contribution is 6.32. The van der Waals surface area contributed by atoms with Crippen LogP contribution in [0.1, 0.15) is 11.4 Å². The molecular weight excluding hydrogens is 355 g/mol. The Morgan fingerprint density at radius 2 is 2.13 bits per heavy atom. The second kappa shape index (κ2) is 6.67. The standard InChI is InChI=1S/C13H11Cl2F2N3O3/c1-6-18-20(13(23)19(6)5-16)11-3-7(2-9(15)12(21)22)8(14)4-10(11)17/h3-4,9H,2,5H2,1H3,(H,21,22)/t9-/m0/s1. The van der Waals surface area contributed by atoms with Crippen LogP contribution in [0.4, 0.5) is 8.78 Å². The molecule has 2 aromatic rings. The summed E-state index contributed by atoms with van der Waals surface area (Å²) >= 11 is 11.5. The predicted octanol–water partition coefficient (Wildman–Crippen LogP) is 2.30. The summed E-state index contributed by atoms with van der Waals surface area (Å²) in [6.45, 7) is 0.293. The SMILES string of the molecule is Cc1nn(-c2cc(C[C@H](Cl)C(=O)O)c(Cl)cc2F)c(=O)n1CF. The molecule has 0 saturated heterocycles. The first kappa shape index (κ1) is 17.4. The number of hydrogen-bond donors (Lipinski definition) is 1. The monoisotopic (exact) mass is 365 g/mol. The molecule has 0 saturated carbocycles. The average molecular weight is 366 g/mol. The van der Waals surface area contributed by atoms with Crippen molar-refractivity contribution in [1.29, 1.82) is 0 Å². The van der Waals surface area contributed by atoms with Gasteiger partial charge in [-0.1, -0.05) is 11.6 Å². The van der Waals surface area contributed by atoms with Crippen molar-refractivity contribution in [1.82, 2.24) is 14.3 Å². The number of halogens is 4. The van der Waals surface area contributed by atoms with Gasteiger partial charge in [0.2, 0.25) is 0 Å². The molecular formula is C13H11Cl2F2N3O3. The van der Waals surface area contributed by atoms with Gasteiger partial charge in [0.25, 0.3) is 0 Å². The number of carbonyl (C=O) groups is 1. The topological polar surface area (TPSA) is 77.1 Å². The van der Waals surface area contributed by atoms with Crippen molar-refractivity contribution in [3.63, 3.8) is 0 Å². The normalized spacial score (nSPS) is 12.4. The Hall–Kier alpha value is -1.93. The van der Waals surface area contributed by atoms with Crippen LogP contribution in [0, 0.1) is 12.7 Å². The number of carboxylic acid groups (broad SMARTS) is 1. The number of alkyl halides is 2. The highest BCUT2D eigenvalue weighted by Crippen LogP contribution is 2.25. The first-order valence-electron chi connectivity index (χ1n) is 6.33. The molecule has 0 aliphatic rings. The third-order valence-corrected chi connectivity index (χ3v) is 3.87. The summed E-state index contributed by atoms with van der Waals surface area (Å²) in [6, 6.07) is 2.10. The number of rotatable bonds is 5. The summed E-state index contributed by atoms with van der Waals surface area (Å²) in [6.07, 6.45) is -0.180. The number of carboxylic acids is 1. The van der Waals surface area contributed by atoms with E-state index < -0.39 is 29.7 Å². The maximum absolute atomic E-state index is 14.1. The first-order valence-corrected chi connectivity index (χ1v) is 7.15. The van der Waals surface area contributed by atoms with E-state index in [0.29, 0.717) is 4.68 Å². The third-order valence-electron chi connectivity index (χ3n) is 3.18. The maximum Gasteiger partial charge on any atom is 0.353 e. The molecule has 0 amide bonds. The molecule has 0 unspecified atom stereocenters. The molecule has 2 rings (SSSR count). The van der Waals surface area contributed by atoms with E-state index in [4.69, 9.17) is 28.3 Å². The molecule has 23 heavy (non-hydrogen) atoms. The Morgan fingerprint density at radius 3 is 2.65 bits per heavy atom. The number of nitrogens with zero attached hydrogens (tertiary/aromatic N) is 3. The van der Waals surface area contributed by atoms with Crippen LogP contribution in [0.25, 0.3) is 5.69 Å². The molecule has 0 fully saturated rings. The van der Waals surface area contributed by atoms with E-state index >= 15 is 0 Å². The molecule has 1 heterocycles. The summed E-state index contributed by atoms with van der Waals surface area (Å²) in [5, 5.41) is 11.3. The van der Waals surface area contributed by atoms with Gasteiger partial charge in [-0.05, 0) is 24.6 Å².